The van der Waals surface area contributed by atoms with E-state index in [4.69, 9.17) is 4.74 Å². The van der Waals surface area contributed by atoms with Crippen molar-refractivity contribution in [2.45, 2.75) is 6.42 Å². The normalized spacial score (nSPS) is 10.1. The zero-order valence-corrected chi connectivity index (χ0v) is 13.0. The number of phenolic OH excluding ortho intramolecular Hbond substituents is 1. The SMILES string of the molecule is O=C(NCCCOc1ccccc1)c1ccc(Br)cc1O. The summed E-state index contributed by atoms with van der Waals surface area (Å²) in [6, 6.07) is 14.3. The Hall–Kier alpha value is -2.01. The number of hydrogen-bond donors (Lipinski definition) is 2. The molecule has 0 aromatic heterocycles. The number of benzene rings is 2. The second kappa shape index (κ2) is 7.69. The first-order valence-corrected chi connectivity index (χ1v) is 7.40. The van der Waals surface area contributed by atoms with E-state index in [0.717, 1.165) is 10.2 Å². The van der Waals surface area contributed by atoms with Crippen LogP contribution in [0, 0.1) is 0 Å². The maximum absolute atomic E-state index is 11.9. The van der Waals surface area contributed by atoms with Gasteiger partial charge >= 0.3 is 0 Å². The molecule has 2 rings (SSSR count). The van der Waals surface area contributed by atoms with Crippen molar-refractivity contribution in [1.82, 2.24) is 5.32 Å². The van der Waals surface area contributed by atoms with Gasteiger partial charge in [-0.15, -0.1) is 0 Å². The number of rotatable bonds is 6. The highest BCUT2D eigenvalue weighted by molar-refractivity contribution is 9.10. The van der Waals surface area contributed by atoms with Crippen LogP contribution in [0.5, 0.6) is 11.5 Å². The molecule has 1 amide bonds. The van der Waals surface area contributed by atoms with Crippen molar-refractivity contribution < 1.29 is 14.6 Å². The summed E-state index contributed by atoms with van der Waals surface area (Å²) in [6.07, 6.45) is 0.692. The molecule has 2 aromatic carbocycles. The summed E-state index contributed by atoms with van der Waals surface area (Å²) in [7, 11) is 0. The fourth-order valence-corrected chi connectivity index (χ4v) is 2.12. The smallest absolute Gasteiger partial charge is 0.255 e. The van der Waals surface area contributed by atoms with E-state index >= 15 is 0 Å². The molecule has 110 valence electrons. The van der Waals surface area contributed by atoms with E-state index in [1.807, 2.05) is 30.3 Å². The molecular formula is C16H16BrNO3. The molecule has 0 heterocycles. The van der Waals surface area contributed by atoms with E-state index in [1.165, 1.54) is 6.07 Å². The molecule has 0 aliphatic rings. The van der Waals surface area contributed by atoms with Crippen LogP contribution in [0.15, 0.2) is 53.0 Å². The maximum atomic E-state index is 11.9. The van der Waals surface area contributed by atoms with Crippen LogP contribution in [0.25, 0.3) is 0 Å². The summed E-state index contributed by atoms with van der Waals surface area (Å²) < 4.78 is 6.26. The van der Waals surface area contributed by atoms with Crippen LogP contribution >= 0.6 is 15.9 Å². The molecule has 2 aromatic rings. The van der Waals surface area contributed by atoms with E-state index in [-0.39, 0.29) is 17.2 Å². The Bertz CT molecular complexity index is 602. The fourth-order valence-electron chi connectivity index (χ4n) is 1.77. The van der Waals surface area contributed by atoms with E-state index in [2.05, 4.69) is 21.2 Å². The fraction of sp³-hybridized carbons (Fsp3) is 0.188. The maximum Gasteiger partial charge on any atom is 0.255 e. The molecule has 0 atom stereocenters. The van der Waals surface area contributed by atoms with Crippen molar-refractivity contribution in [3.05, 3.63) is 58.6 Å². The molecule has 0 spiro atoms. The highest BCUT2D eigenvalue weighted by Gasteiger charge is 2.10. The second-order valence-electron chi connectivity index (χ2n) is 4.43. The number of ether oxygens (including phenoxy) is 1. The van der Waals surface area contributed by atoms with Crippen LogP contribution in [0.4, 0.5) is 0 Å². The van der Waals surface area contributed by atoms with E-state index in [9.17, 15) is 9.90 Å². The minimum atomic E-state index is -0.292. The van der Waals surface area contributed by atoms with Gasteiger partial charge in [-0.2, -0.15) is 0 Å². The lowest BCUT2D eigenvalue weighted by Gasteiger charge is -2.08. The standard InChI is InChI=1S/C16H16BrNO3/c17-12-7-8-14(15(19)11-12)16(20)18-9-4-10-21-13-5-2-1-3-6-13/h1-3,5-8,11,19H,4,9-10H2,(H,18,20). The van der Waals surface area contributed by atoms with Gasteiger partial charge in [0.05, 0.1) is 12.2 Å². The number of amides is 1. The van der Waals surface area contributed by atoms with Crippen molar-refractivity contribution in [2.75, 3.05) is 13.2 Å². The first kappa shape index (κ1) is 15.4. The number of para-hydroxylation sites is 1. The van der Waals surface area contributed by atoms with Gasteiger partial charge in [0.25, 0.3) is 5.91 Å². The number of carbonyl (C=O) groups is 1. The van der Waals surface area contributed by atoms with Gasteiger partial charge in [-0.1, -0.05) is 34.1 Å². The number of aromatic hydroxyl groups is 1. The summed E-state index contributed by atoms with van der Waals surface area (Å²) in [6.45, 7) is 1.01. The van der Waals surface area contributed by atoms with Gasteiger partial charge in [0.1, 0.15) is 11.5 Å². The summed E-state index contributed by atoms with van der Waals surface area (Å²) >= 11 is 3.23. The predicted octanol–water partition coefficient (Wildman–Crippen LogP) is 3.35. The van der Waals surface area contributed by atoms with E-state index in [1.54, 1.807) is 12.1 Å². The van der Waals surface area contributed by atoms with E-state index < -0.39 is 0 Å². The number of nitrogens with one attached hydrogen (secondary N) is 1. The zero-order chi connectivity index (χ0) is 15.1. The van der Waals surface area contributed by atoms with Gasteiger partial charge in [0.15, 0.2) is 0 Å². The third-order valence-corrected chi connectivity index (χ3v) is 3.32. The van der Waals surface area contributed by atoms with Gasteiger partial charge in [-0.3, -0.25) is 4.79 Å². The molecule has 0 saturated carbocycles. The van der Waals surface area contributed by atoms with Crippen LogP contribution in [-0.2, 0) is 0 Å². The minimum absolute atomic E-state index is 0.0394. The molecule has 0 radical (unpaired) electrons. The van der Waals surface area contributed by atoms with Crippen molar-refractivity contribution in [2.24, 2.45) is 0 Å². The number of phenols is 1. The van der Waals surface area contributed by atoms with Gasteiger partial charge in [0, 0.05) is 11.0 Å². The molecule has 4 nitrogen and oxygen atoms in total. The Labute approximate surface area is 131 Å². The lowest BCUT2D eigenvalue weighted by atomic mass is 10.2. The van der Waals surface area contributed by atoms with Crippen molar-refractivity contribution in [3.63, 3.8) is 0 Å². The average Bonchev–Trinajstić information content (AvgIpc) is 2.47. The number of carbonyl (C=O) groups excluding carboxylic acids is 1. The topological polar surface area (TPSA) is 58.6 Å². The molecule has 0 aliphatic heterocycles. The monoisotopic (exact) mass is 349 g/mol. The van der Waals surface area contributed by atoms with Crippen LogP contribution in [0.2, 0.25) is 0 Å². The van der Waals surface area contributed by atoms with Crippen molar-refractivity contribution in [3.8, 4) is 11.5 Å². The minimum Gasteiger partial charge on any atom is -0.507 e. The summed E-state index contributed by atoms with van der Waals surface area (Å²) in [5, 5.41) is 12.4. The Kier molecular flexibility index (Phi) is 5.63. The molecule has 0 bridgehead atoms. The van der Waals surface area contributed by atoms with Crippen LogP contribution in [0.1, 0.15) is 16.8 Å². The van der Waals surface area contributed by atoms with Crippen LogP contribution in [0.3, 0.4) is 0 Å². The highest BCUT2D eigenvalue weighted by Crippen LogP contribution is 2.22. The molecule has 0 fully saturated rings. The Morgan fingerprint density at radius 2 is 1.95 bits per heavy atom. The summed E-state index contributed by atoms with van der Waals surface area (Å²) in [5.41, 5.74) is 0.266. The quantitative estimate of drug-likeness (QED) is 0.786. The third-order valence-electron chi connectivity index (χ3n) is 2.82. The predicted molar refractivity (Wildman–Crippen MR) is 84.7 cm³/mol. The largest absolute Gasteiger partial charge is 0.507 e. The van der Waals surface area contributed by atoms with Crippen molar-refractivity contribution in [1.29, 1.82) is 0 Å². The molecule has 21 heavy (non-hydrogen) atoms. The first-order valence-electron chi connectivity index (χ1n) is 6.61. The van der Waals surface area contributed by atoms with Crippen molar-refractivity contribution >= 4 is 21.8 Å². The molecular weight excluding hydrogens is 334 g/mol. The van der Waals surface area contributed by atoms with E-state index in [0.29, 0.717) is 19.6 Å². The summed E-state index contributed by atoms with van der Waals surface area (Å²) in [5.74, 6) is 0.483. The highest BCUT2D eigenvalue weighted by atomic mass is 79.9. The second-order valence-corrected chi connectivity index (χ2v) is 5.35. The van der Waals surface area contributed by atoms with Gasteiger partial charge < -0.3 is 15.2 Å². The van der Waals surface area contributed by atoms with Gasteiger partial charge in [0.2, 0.25) is 0 Å². The summed E-state index contributed by atoms with van der Waals surface area (Å²) in [4.78, 5) is 11.9. The Balaban J connectivity index is 1.72. The van der Waals surface area contributed by atoms with Gasteiger partial charge in [-0.25, -0.2) is 0 Å². The molecule has 5 heteroatoms. The lowest BCUT2D eigenvalue weighted by Crippen LogP contribution is -2.25. The molecule has 2 N–H and O–H groups in total. The van der Waals surface area contributed by atoms with Crippen LogP contribution < -0.4 is 10.1 Å². The lowest BCUT2D eigenvalue weighted by molar-refractivity contribution is 0.0949. The number of halogens is 1. The number of hydrogen-bond acceptors (Lipinski definition) is 3. The van der Waals surface area contributed by atoms with Crippen LogP contribution in [-0.4, -0.2) is 24.2 Å². The Morgan fingerprint density at radius 3 is 2.67 bits per heavy atom. The molecule has 0 unspecified atom stereocenters. The molecule has 0 saturated heterocycles. The first-order chi connectivity index (χ1) is 10.2. The Morgan fingerprint density at radius 1 is 1.19 bits per heavy atom. The third kappa shape index (κ3) is 4.79. The average molecular weight is 350 g/mol. The van der Waals surface area contributed by atoms with Gasteiger partial charge in [-0.05, 0) is 36.8 Å². The zero-order valence-electron chi connectivity index (χ0n) is 11.4. The molecule has 0 aliphatic carbocycles.